The Hall–Kier alpha value is -1.63. The fourth-order valence-electron chi connectivity index (χ4n) is 3.17. The van der Waals surface area contributed by atoms with Crippen LogP contribution in [0, 0.1) is 5.92 Å². The van der Waals surface area contributed by atoms with E-state index < -0.39 is 0 Å². The SMILES string of the molecule is O=C1CNC(C(=O)N2CCCC3C(=O)NCC32)CN1. The number of piperazine rings is 1. The van der Waals surface area contributed by atoms with Gasteiger partial charge in [0.05, 0.1) is 18.5 Å². The summed E-state index contributed by atoms with van der Waals surface area (Å²) in [6.45, 7) is 1.75. The van der Waals surface area contributed by atoms with Crippen molar-refractivity contribution in [2.45, 2.75) is 24.9 Å². The van der Waals surface area contributed by atoms with Crippen molar-refractivity contribution in [3.05, 3.63) is 0 Å². The molecule has 104 valence electrons. The van der Waals surface area contributed by atoms with Gasteiger partial charge in [-0.1, -0.05) is 0 Å². The van der Waals surface area contributed by atoms with E-state index in [9.17, 15) is 14.4 Å². The molecule has 3 heterocycles. The molecular formula is C12H18N4O3. The Morgan fingerprint density at radius 1 is 1.21 bits per heavy atom. The maximum absolute atomic E-state index is 12.5. The minimum atomic E-state index is -0.368. The molecule has 0 saturated carbocycles. The topological polar surface area (TPSA) is 90.5 Å². The van der Waals surface area contributed by atoms with E-state index in [0.717, 1.165) is 12.8 Å². The maximum atomic E-state index is 12.5. The van der Waals surface area contributed by atoms with E-state index in [1.165, 1.54) is 0 Å². The molecule has 0 bridgehead atoms. The lowest BCUT2D eigenvalue weighted by atomic mass is 9.91. The molecule has 3 amide bonds. The zero-order valence-corrected chi connectivity index (χ0v) is 10.6. The van der Waals surface area contributed by atoms with Crippen LogP contribution in [-0.4, -0.2) is 60.9 Å². The van der Waals surface area contributed by atoms with Crippen LogP contribution in [0.25, 0.3) is 0 Å². The Morgan fingerprint density at radius 3 is 2.79 bits per heavy atom. The van der Waals surface area contributed by atoms with Crippen LogP contribution in [0.5, 0.6) is 0 Å². The van der Waals surface area contributed by atoms with Gasteiger partial charge in [-0.3, -0.25) is 19.7 Å². The molecule has 3 saturated heterocycles. The molecule has 3 aliphatic heterocycles. The largest absolute Gasteiger partial charge is 0.354 e. The zero-order valence-electron chi connectivity index (χ0n) is 10.6. The molecule has 0 radical (unpaired) electrons. The minimum absolute atomic E-state index is 0.00815. The molecule has 0 aromatic carbocycles. The van der Waals surface area contributed by atoms with E-state index in [0.29, 0.717) is 19.6 Å². The Morgan fingerprint density at radius 2 is 2.05 bits per heavy atom. The lowest BCUT2D eigenvalue weighted by Gasteiger charge is -2.38. The van der Waals surface area contributed by atoms with Crippen LogP contribution in [0.1, 0.15) is 12.8 Å². The summed E-state index contributed by atoms with van der Waals surface area (Å²) < 4.78 is 0. The normalized spacial score (nSPS) is 34.5. The van der Waals surface area contributed by atoms with Crippen molar-refractivity contribution in [3.63, 3.8) is 0 Å². The number of fused-ring (bicyclic) bond motifs is 1. The highest BCUT2D eigenvalue weighted by molar-refractivity contribution is 5.89. The number of carbonyl (C=O) groups is 3. The highest BCUT2D eigenvalue weighted by atomic mass is 16.2. The number of nitrogens with zero attached hydrogens (tertiary/aromatic N) is 1. The average Bonchev–Trinajstić information content (AvgIpc) is 2.81. The Kier molecular flexibility index (Phi) is 3.14. The lowest BCUT2D eigenvalue weighted by molar-refractivity contribution is -0.139. The van der Waals surface area contributed by atoms with Crippen molar-refractivity contribution in [2.75, 3.05) is 26.2 Å². The van der Waals surface area contributed by atoms with E-state index in [1.54, 1.807) is 4.90 Å². The first kappa shape index (κ1) is 12.4. The van der Waals surface area contributed by atoms with Crippen LogP contribution in [0.3, 0.4) is 0 Å². The molecule has 3 atom stereocenters. The summed E-state index contributed by atoms with van der Waals surface area (Å²) in [5.74, 6) is -0.0900. The Labute approximate surface area is 111 Å². The summed E-state index contributed by atoms with van der Waals surface area (Å²) in [5, 5.41) is 8.47. The number of rotatable bonds is 1. The van der Waals surface area contributed by atoms with Gasteiger partial charge < -0.3 is 15.5 Å². The van der Waals surface area contributed by atoms with Crippen molar-refractivity contribution in [1.82, 2.24) is 20.9 Å². The average molecular weight is 266 g/mol. The summed E-state index contributed by atoms with van der Waals surface area (Å²) in [4.78, 5) is 37.0. The van der Waals surface area contributed by atoms with E-state index in [2.05, 4.69) is 16.0 Å². The third-order valence-electron chi connectivity index (χ3n) is 4.19. The number of carbonyl (C=O) groups excluding carboxylic acids is 3. The van der Waals surface area contributed by atoms with Crippen LogP contribution < -0.4 is 16.0 Å². The predicted molar refractivity (Wildman–Crippen MR) is 66.0 cm³/mol. The number of hydrogen-bond donors (Lipinski definition) is 3. The second kappa shape index (κ2) is 4.80. The van der Waals surface area contributed by atoms with Gasteiger partial charge in [-0.05, 0) is 12.8 Å². The summed E-state index contributed by atoms with van der Waals surface area (Å²) in [5.41, 5.74) is 0. The van der Waals surface area contributed by atoms with Crippen LogP contribution in [0.15, 0.2) is 0 Å². The van der Waals surface area contributed by atoms with Gasteiger partial charge in [-0.15, -0.1) is 0 Å². The van der Waals surface area contributed by atoms with Crippen molar-refractivity contribution in [1.29, 1.82) is 0 Å². The van der Waals surface area contributed by atoms with Crippen molar-refractivity contribution in [3.8, 4) is 0 Å². The van der Waals surface area contributed by atoms with Crippen LogP contribution in [0.2, 0.25) is 0 Å². The molecular weight excluding hydrogens is 248 g/mol. The number of likely N-dealkylation sites (tertiary alicyclic amines) is 1. The monoisotopic (exact) mass is 266 g/mol. The number of piperidine rings is 1. The fraction of sp³-hybridized carbons (Fsp3) is 0.750. The maximum Gasteiger partial charge on any atom is 0.241 e. The standard InChI is InChI=1S/C12H18N4O3/c17-10-6-13-8(4-14-10)12(19)16-3-1-2-7-9(16)5-15-11(7)18/h7-9,13H,1-6H2,(H,14,17)(H,15,18). The molecule has 0 aliphatic carbocycles. The van der Waals surface area contributed by atoms with Crippen LogP contribution in [0.4, 0.5) is 0 Å². The molecule has 3 unspecified atom stereocenters. The number of amides is 3. The van der Waals surface area contributed by atoms with Gasteiger partial charge in [0.15, 0.2) is 0 Å². The third kappa shape index (κ3) is 2.18. The first-order valence-corrected chi connectivity index (χ1v) is 6.75. The van der Waals surface area contributed by atoms with Crippen molar-refractivity contribution in [2.24, 2.45) is 5.92 Å². The highest BCUT2D eigenvalue weighted by Gasteiger charge is 2.44. The van der Waals surface area contributed by atoms with E-state index in [-0.39, 0.29) is 42.3 Å². The van der Waals surface area contributed by atoms with Crippen LogP contribution in [-0.2, 0) is 14.4 Å². The van der Waals surface area contributed by atoms with Crippen LogP contribution >= 0.6 is 0 Å². The Bertz CT molecular complexity index is 415. The highest BCUT2D eigenvalue weighted by Crippen LogP contribution is 2.27. The summed E-state index contributed by atoms with van der Waals surface area (Å²) in [6.07, 6.45) is 1.72. The van der Waals surface area contributed by atoms with Gasteiger partial charge in [-0.25, -0.2) is 0 Å². The van der Waals surface area contributed by atoms with Gasteiger partial charge in [0.1, 0.15) is 6.04 Å². The van der Waals surface area contributed by atoms with Gasteiger partial charge >= 0.3 is 0 Å². The molecule has 0 aromatic rings. The van der Waals surface area contributed by atoms with Gasteiger partial charge in [-0.2, -0.15) is 0 Å². The van der Waals surface area contributed by atoms with E-state index in [4.69, 9.17) is 0 Å². The first-order valence-electron chi connectivity index (χ1n) is 6.75. The number of nitrogens with one attached hydrogen (secondary N) is 3. The van der Waals surface area contributed by atoms with Gasteiger partial charge in [0.25, 0.3) is 0 Å². The zero-order chi connectivity index (χ0) is 13.4. The molecule has 3 N–H and O–H groups in total. The minimum Gasteiger partial charge on any atom is -0.354 e. The third-order valence-corrected chi connectivity index (χ3v) is 4.19. The molecule has 7 heteroatoms. The summed E-state index contributed by atoms with van der Waals surface area (Å²) >= 11 is 0. The van der Waals surface area contributed by atoms with Gasteiger partial charge in [0.2, 0.25) is 17.7 Å². The fourth-order valence-corrected chi connectivity index (χ4v) is 3.17. The van der Waals surface area contributed by atoms with Crippen molar-refractivity contribution < 1.29 is 14.4 Å². The van der Waals surface area contributed by atoms with Crippen molar-refractivity contribution >= 4 is 17.7 Å². The summed E-state index contributed by atoms with van der Waals surface area (Å²) in [6, 6.07) is -0.389. The van der Waals surface area contributed by atoms with Gasteiger partial charge in [0, 0.05) is 19.6 Å². The van der Waals surface area contributed by atoms with E-state index >= 15 is 0 Å². The van der Waals surface area contributed by atoms with E-state index in [1.807, 2.05) is 0 Å². The predicted octanol–water partition coefficient (Wildman–Crippen LogP) is -2.19. The summed E-state index contributed by atoms with van der Waals surface area (Å²) in [7, 11) is 0. The quantitative estimate of drug-likeness (QED) is 0.503. The molecule has 3 rings (SSSR count). The molecule has 7 nitrogen and oxygen atoms in total. The second-order valence-corrected chi connectivity index (χ2v) is 5.33. The molecule has 19 heavy (non-hydrogen) atoms. The molecule has 3 fully saturated rings. The molecule has 0 spiro atoms. The molecule has 0 aromatic heterocycles. The first-order chi connectivity index (χ1) is 9.16. The smallest absolute Gasteiger partial charge is 0.241 e. The Balaban J connectivity index is 1.69. The molecule has 3 aliphatic rings. The lowest BCUT2D eigenvalue weighted by Crippen LogP contribution is -2.61. The second-order valence-electron chi connectivity index (χ2n) is 5.33. The number of hydrogen-bond acceptors (Lipinski definition) is 4.